The summed E-state index contributed by atoms with van der Waals surface area (Å²) in [5, 5.41) is 20.9. The minimum Gasteiger partial charge on any atom is -0.475 e. The number of carbonyl (C=O) groups is 2. The average molecular weight is 314 g/mol. The van der Waals surface area contributed by atoms with E-state index in [1.54, 1.807) is 24.3 Å². The van der Waals surface area contributed by atoms with Crippen molar-refractivity contribution < 1.29 is 34.1 Å². The Bertz CT molecular complexity index is 1080. The third kappa shape index (κ3) is 2.11. The smallest absolute Gasteiger partial charge is 0.371 e. The third-order valence-electron chi connectivity index (χ3n) is 3.58. The molecule has 0 unspecified atom stereocenters. The van der Waals surface area contributed by atoms with E-state index in [1.807, 2.05) is 0 Å². The molecule has 0 saturated carbocycles. The predicted molar refractivity (Wildman–Crippen MR) is 81.0 cm³/mol. The predicted octanol–water partition coefficient (Wildman–Crippen LogP) is 2.90. The van der Waals surface area contributed by atoms with E-state index in [4.69, 9.17) is 19.0 Å². The third-order valence-corrected chi connectivity index (χ3v) is 3.58. The highest BCUT2D eigenvalue weighted by Crippen LogP contribution is 2.32. The number of fused-ring (bicyclic) bond motifs is 4. The van der Waals surface area contributed by atoms with E-state index < -0.39 is 11.9 Å². The molecule has 0 amide bonds. The average Bonchev–Trinajstić information content (AvgIpc) is 3.08. The molecule has 0 aliphatic heterocycles. The van der Waals surface area contributed by atoms with Crippen LogP contribution in [0.25, 0.3) is 32.7 Å². The molecule has 0 aliphatic carbocycles. The summed E-state index contributed by atoms with van der Waals surface area (Å²) >= 11 is 0. The van der Waals surface area contributed by atoms with Gasteiger partial charge in [-0.15, -0.1) is 0 Å². The molecule has 0 aliphatic rings. The minimum atomic E-state index is -1.14. The summed E-state index contributed by atoms with van der Waals surface area (Å²) in [5.41, 5.74) is 0.879. The van der Waals surface area contributed by atoms with Gasteiger partial charge in [-0.3, -0.25) is 0 Å². The maximum atomic E-state index is 11.0. The normalized spacial score (nSPS) is 11.0. The lowest BCUT2D eigenvalue weighted by Crippen LogP contribution is -1.91. The van der Waals surface area contributed by atoms with Crippen LogP contribution in [0.1, 0.15) is 21.1 Å². The summed E-state index contributed by atoms with van der Waals surface area (Å²) < 4.78 is 10.6. The van der Waals surface area contributed by atoms with Crippen molar-refractivity contribution in [2.45, 2.75) is 0 Å². The first kappa shape index (κ1) is 14.6. The van der Waals surface area contributed by atoms with Crippen molar-refractivity contribution >= 4 is 44.6 Å². The van der Waals surface area contributed by atoms with E-state index in [1.165, 1.54) is 12.1 Å². The summed E-state index contributed by atoms with van der Waals surface area (Å²) in [7, 11) is 0. The van der Waals surface area contributed by atoms with Gasteiger partial charge in [-0.1, -0.05) is 6.07 Å². The first-order chi connectivity index (χ1) is 10.5. The molecule has 0 spiro atoms. The molecule has 2 aromatic carbocycles. The highest BCUT2D eigenvalue weighted by atomic mass is 16.4. The highest BCUT2D eigenvalue weighted by Gasteiger charge is 2.15. The van der Waals surface area contributed by atoms with Gasteiger partial charge >= 0.3 is 11.9 Å². The molecule has 7 nitrogen and oxygen atoms in total. The van der Waals surface area contributed by atoms with Crippen molar-refractivity contribution in [3.8, 4) is 0 Å². The molecule has 23 heavy (non-hydrogen) atoms. The maximum absolute atomic E-state index is 11.0. The van der Waals surface area contributed by atoms with E-state index in [9.17, 15) is 9.59 Å². The molecule has 116 valence electrons. The Balaban J connectivity index is 0.00000156. The topological polar surface area (TPSA) is 132 Å². The highest BCUT2D eigenvalue weighted by molar-refractivity contribution is 6.12. The summed E-state index contributed by atoms with van der Waals surface area (Å²) in [5.74, 6) is -2.56. The van der Waals surface area contributed by atoms with Crippen molar-refractivity contribution in [3.63, 3.8) is 0 Å². The van der Waals surface area contributed by atoms with Gasteiger partial charge in [-0.2, -0.15) is 0 Å². The second-order valence-corrected chi connectivity index (χ2v) is 4.92. The Kier molecular flexibility index (Phi) is 3.08. The van der Waals surface area contributed by atoms with Gasteiger partial charge in [-0.25, -0.2) is 9.59 Å². The monoisotopic (exact) mass is 314 g/mol. The second kappa shape index (κ2) is 4.85. The van der Waals surface area contributed by atoms with Gasteiger partial charge in [0.25, 0.3) is 0 Å². The molecule has 4 aromatic rings. The zero-order chi connectivity index (χ0) is 15.4. The molecule has 2 heterocycles. The first-order valence-corrected chi connectivity index (χ1v) is 6.39. The van der Waals surface area contributed by atoms with Crippen molar-refractivity contribution in [1.29, 1.82) is 0 Å². The van der Waals surface area contributed by atoms with Crippen molar-refractivity contribution in [1.82, 2.24) is 0 Å². The number of benzene rings is 2. The molecule has 2 aromatic heterocycles. The van der Waals surface area contributed by atoms with Crippen LogP contribution >= 0.6 is 0 Å². The Morgan fingerprint density at radius 1 is 0.739 bits per heavy atom. The lowest BCUT2D eigenvalue weighted by molar-refractivity contribution is 0.0655. The van der Waals surface area contributed by atoms with Crippen molar-refractivity contribution in [2.75, 3.05) is 0 Å². The Morgan fingerprint density at radius 2 is 1.39 bits per heavy atom. The summed E-state index contributed by atoms with van der Waals surface area (Å²) in [6.07, 6.45) is 0. The van der Waals surface area contributed by atoms with Crippen LogP contribution in [-0.4, -0.2) is 27.6 Å². The van der Waals surface area contributed by atoms with Crippen LogP contribution in [0.3, 0.4) is 0 Å². The van der Waals surface area contributed by atoms with Gasteiger partial charge in [0.05, 0.1) is 0 Å². The summed E-state index contributed by atoms with van der Waals surface area (Å²) in [4.78, 5) is 22.0. The van der Waals surface area contributed by atoms with Gasteiger partial charge in [0.15, 0.2) is 0 Å². The molecule has 4 N–H and O–H groups in total. The van der Waals surface area contributed by atoms with Gasteiger partial charge in [0.2, 0.25) is 11.5 Å². The fourth-order valence-corrected chi connectivity index (χ4v) is 2.59. The number of hydrogen-bond donors (Lipinski definition) is 2. The molecule has 7 heteroatoms. The molecule has 0 fully saturated rings. The zero-order valence-electron chi connectivity index (χ0n) is 11.5. The summed E-state index contributed by atoms with van der Waals surface area (Å²) in [6.45, 7) is 0. The molecule has 0 atom stereocenters. The first-order valence-electron chi connectivity index (χ1n) is 6.39. The Labute approximate surface area is 127 Å². The SMILES string of the molecule is O.O=C(O)c1cc2cc3ccc4oc(C(=O)O)cc4c3cc2o1. The lowest BCUT2D eigenvalue weighted by atomic mass is 10.0. The lowest BCUT2D eigenvalue weighted by Gasteiger charge is -1.98. The van der Waals surface area contributed by atoms with Crippen molar-refractivity contribution in [2.24, 2.45) is 0 Å². The Morgan fingerprint density at radius 3 is 2.09 bits per heavy atom. The minimum absolute atomic E-state index is 0. The van der Waals surface area contributed by atoms with Gasteiger partial charge in [0, 0.05) is 10.8 Å². The number of furan rings is 2. The van der Waals surface area contributed by atoms with Crippen LogP contribution in [-0.2, 0) is 0 Å². The van der Waals surface area contributed by atoms with Gasteiger partial charge in [-0.05, 0) is 41.1 Å². The summed E-state index contributed by atoms with van der Waals surface area (Å²) in [6, 6.07) is 9.88. The standard InChI is InChI=1S/C16H8O6.H2O/c17-15(18)13-4-8-3-7-1-2-11-10(6-14(21-11)16(19)20)9(7)5-12(8)22-13;/h1-6H,(H,17,18)(H,19,20);1H2. The van der Waals surface area contributed by atoms with Gasteiger partial charge in [0.1, 0.15) is 11.2 Å². The quantitative estimate of drug-likeness (QED) is 0.584. The largest absolute Gasteiger partial charge is 0.475 e. The van der Waals surface area contributed by atoms with Crippen molar-refractivity contribution in [3.05, 3.63) is 47.9 Å². The fraction of sp³-hybridized carbons (Fsp3) is 0. The number of carboxylic acids is 2. The second-order valence-electron chi connectivity index (χ2n) is 4.92. The fourth-order valence-electron chi connectivity index (χ4n) is 2.59. The van der Waals surface area contributed by atoms with E-state index >= 15 is 0 Å². The molecular formula is C16H10O7. The molecule has 0 saturated heterocycles. The zero-order valence-corrected chi connectivity index (χ0v) is 11.5. The number of carboxylic acid groups (broad SMARTS) is 2. The Hall–Kier alpha value is -3.32. The van der Waals surface area contributed by atoms with Crippen LogP contribution in [0.15, 0.2) is 45.2 Å². The molecular weight excluding hydrogens is 304 g/mol. The van der Waals surface area contributed by atoms with E-state index in [2.05, 4.69) is 0 Å². The number of aromatic carboxylic acids is 2. The molecule has 0 radical (unpaired) electrons. The number of rotatable bonds is 2. The van der Waals surface area contributed by atoms with E-state index in [0.29, 0.717) is 21.9 Å². The van der Waals surface area contributed by atoms with Crippen LogP contribution < -0.4 is 0 Å². The van der Waals surface area contributed by atoms with E-state index in [0.717, 1.165) is 10.8 Å². The van der Waals surface area contributed by atoms with Crippen LogP contribution in [0.2, 0.25) is 0 Å². The van der Waals surface area contributed by atoms with Crippen LogP contribution in [0.5, 0.6) is 0 Å². The van der Waals surface area contributed by atoms with E-state index in [-0.39, 0.29) is 17.0 Å². The number of hydrogen-bond acceptors (Lipinski definition) is 4. The van der Waals surface area contributed by atoms with Crippen LogP contribution in [0, 0.1) is 0 Å². The maximum Gasteiger partial charge on any atom is 0.371 e. The molecule has 0 bridgehead atoms. The van der Waals surface area contributed by atoms with Gasteiger partial charge < -0.3 is 24.5 Å². The molecule has 4 rings (SSSR count). The van der Waals surface area contributed by atoms with Crippen LogP contribution in [0.4, 0.5) is 0 Å².